The molecule has 2 aliphatic rings. The first kappa shape index (κ1) is 17.4. The average molecular weight is 329 g/mol. The molecular weight excluding hydrogens is 298 g/mol. The number of nitrogens with one attached hydrogen (secondary N) is 2. The Labute approximate surface area is 146 Å². The first-order valence-electron chi connectivity index (χ1n) is 9.57. The van der Waals surface area contributed by atoms with Gasteiger partial charge in [-0.15, -0.1) is 0 Å². The largest absolute Gasteiger partial charge is 0.352 e. The third-order valence-electron chi connectivity index (χ3n) is 5.30. The van der Waals surface area contributed by atoms with Gasteiger partial charge < -0.3 is 10.6 Å². The van der Waals surface area contributed by atoms with Gasteiger partial charge in [0.15, 0.2) is 0 Å². The van der Waals surface area contributed by atoms with Gasteiger partial charge in [-0.3, -0.25) is 9.69 Å². The van der Waals surface area contributed by atoms with Crippen molar-refractivity contribution in [1.82, 2.24) is 15.5 Å². The van der Waals surface area contributed by atoms with Gasteiger partial charge in [0.25, 0.3) is 0 Å². The molecule has 24 heavy (non-hydrogen) atoms. The highest BCUT2D eigenvalue weighted by Gasteiger charge is 2.16. The van der Waals surface area contributed by atoms with Gasteiger partial charge in [-0.05, 0) is 68.9 Å². The van der Waals surface area contributed by atoms with Crippen LogP contribution in [0.25, 0.3) is 0 Å². The van der Waals surface area contributed by atoms with Crippen LogP contribution in [0.3, 0.4) is 0 Å². The molecule has 0 atom stereocenters. The Kier molecular flexibility index (Phi) is 6.67. The molecule has 0 aliphatic carbocycles. The summed E-state index contributed by atoms with van der Waals surface area (Å²) < 4.78 is 0. The van der Waals surface area contributed by atoms with E-state index in [1.807, 2.05) is 0 Å². The van der Waals surface area contributed by atoms with Crippen molar-refractivity contribution in [2.24, 2.45) is 5.92 Å². The van der Waals surface area contributed by atoms with Gasteiger partial charge >= 0.3 is 0 Å². The molecule has 2 fully saturated rings. The average Bonchev–Trinajstić information content (AvgIpc) is 2.63. The van der Waals surface area contributed by atoms with Gasteiger partial charge in [-0.2, -0.15) is 0 Å². The maximum absolute atomic E-state index is 12.1. The molecule has 132 valence electrons. The normalized spacial score (nSPS) is 20.0. The molecule has 2 aliphatic heterocycles. The summed E-state index contributed by atoms with van der Waals surface area (Å²) in [5.74, 6) is 0.748. The number of likely N-dealkylation sites (tertiary alicyclic amines) is 1. The molecule has 0 saturated carbocycles. The van der Waals surface area contributed by atoms with Crippen LogP contribution in [0, 0.1) is 5.92 Å². The Morgan fingerprint density at radius 1 is 1.04 bits per heavy atom. The van der Waals surface area contributed by atoms with Gasteiger partial charge in [0, 0.05) is 19.5 Å². The number of carbonyl (C=O) groups is 1. The minimum atomic E-state index is 0.194. The molecular formula is C20H31N3O. The highest BCUT2D eigenvalue weighted by atomic mass is 16.1. The van der Waals surface area contributed by atoms with Crippen molar-refractivity contribution in [2.75, 3.05) is 26.2 Å². The second-order valence-electron chi connectivity index (χ2n) is 7.33. The summed E-state index contributed by atoms with van der Waals surface area (Å²) in [4.78, 5) is 14.6. The van der Waals surface area contributed by atoms with Crippen molar-refractivity contribution in [3.8, 4) is 0 Å². The number of amides is 1. The van der Waals surface area contributed by atoms with Crippen molar-refractivity contribution in [2.45, 2.75) is 51.6 Å². The Morgan fingerprint density at radius 3 is 2.42 bits per heavy atom. The lowest BCUT2D eigenvalue weighted by molar-refractivity contribution is -0.122. The molecule has 4 nitrogen and oxygen atoms in total. The standard InChI is InChI=1S/C20H31N3O/c24-20(14-17-8-10-21-11-9-17)22-15-18-4-6-19(7-5-18)16-23-12-2-1-3-13-23/h4-7,17,21H,1-3,8-16H2,(H,22,24). The van der Waals surface area contributed by atoms with Gasteiger partial charge in [0.1, 0.15) is 0 Å². The monoisotopic (exact) mass is 329 g/mol. The Balaban J connectivity index is 1.39. The molecule has 4 heteroatoms. The van der Waals surface area contributed by atoms with E-state index in [-0.39, 0.29) is 5.91 Å². The fourth-order valence-corrected chi connectivity index (χ4v) is 3.76. The van der Waals surface area contributed by atoms with Crippen molar-refractivity contribution in [3.05, 3.63) is 35.4 Å². The predicted molar refractivity (Wildman–Crippen MR) is 97.6 cm³/mol. The SMILES string of the molecule is O=C(CC1CCNCC1)NCc1ccc(CN2CCCCC2)cc1. The minimum absolute atomic E-state index is 0.194. The first-order valence-corrected chi connectivity index (χ1v) is 9.57. The van der Waals surface area contributed by atoms with Crippen LogP contribution in [0.1, 0.15) is 49.7 Å². The lowest BCUT2D eigenvalue weighted by atomic mass is 9.94. The molecule has 1 aromatic carbocycles. The van der Waals surface area contributed by atoms with E-state index < -0.39 is 0 Å². The van der Waals surface area contributed by atoms with Gasteiger partial charge in [0.2, 0.25) is 5.91 Å². The zero-order chi connectivity index (χ0) is 16.6. The van der Waals surface area contributed by atoms with E-state index in [2.05, 4.69) is 39.8 Å². The maximum atomic E-state index is 12.1. The minimum Gasteiger partial charge on any atom is -0.352 e. The van der Waals surface area contributed by atoms with E-state index in [9.17, 15) is 4.79 Å². The third-order valence-corrected chi connectivity index (χ3v) is 5.30. The summed E-state index contributed by atoms with van der Waals surface area (Å²) in [7, 11) is 0. The smallest absolute Gasteiger partial charge is 0.220 e. The zero-order valence-corrected chi connectivity index (χ0v) is 14.7. The quantitative estimate of drug-likeness (QED) is 0.843. The lowest BCUT2D eigenvalue weighted by Gasteiger charge is -2.26. The molecule has 2 saturated heterocycles. The number of nitrogens with zero attached hydrogens (tertiary/aromatic N) is 1. The van der Waals surface area contributed by atoms with Crippen LogP contribution in [0.15, 0.2) is 24.3 Å². The summed E-state index contributed by atoms with van der Waals surface area (Å²) in [6.07, 6.45) is 6.97. The number of hydrogen-bond acceptors (Lipinski definition) is 3. The van der Waals surface area contributed by atoms with Crippen molar-refractivity contribution >= 4 is 5.91 Å². The highest BCUT2D eigenvalue weighted by Crippen LogP contribution is 2.16. The number of rotatable bonds is 6. The Morgan fingerprint density at radius 2 is 1.71 bits per heavy atom. The lowest BCUT2D eigenvalue weighted by Crippen LogP contribution is -2.32. The third kappa shape index (κ3) is 5.60. The van der Waals surface area contributed by atoms with Crippen molar-refractivity contribution in [1.29, 1.82) is 0 Å². The second-order valence-corrected chi connectivity index (χ2v) is 7.33. The van der Waals surface area contributed by atoms with E-state index in [0.717, 1.165) is 32.5 Å². The fraction of sp³-hybridized carbons (Fsp3) is 0.650. The van der Waals surface area contributed by atoms with Crippen LogP contribution in [0.5, 0.6) is 0 Å². The summed E-state index contributed by atoms with van der Waals surface area (Å²) in [5, 5.41) is 6.42. The number of hydrogen-bond donors (Lipinski definition) is 2. The summed E-state index contributed by atoms with van der Waals surface area (Å²) in [6.45, 7) is 6.27. The topological polar surface area (TPSA) is 44.4 Å². The van der Waals surface area contributed by atoms with Crippen LogP contribution >= 0.6 is 0 Å². The first-order chi connectivity index (χ1) is 11.8. The molecule has 0 radical (unpaired) electrons. The highest BCUT2D eigenvalue weighted by molar-refractivity contribution is 5.76. The molecule has 0 bridgehead atoms. The van der Waals surface area contributed by atoms with E-state index >= 15 is 0 Å². The van der Waals surface area contributed by atoms with Crippen LogP contribution in [0.2, 0.25) is 0 Å². The molecule has 2 heterocycles. The predicted octanol–water partition coefficient (Wildman–Crippen LogP) is 2.68. The van der Waals surface area contributed by atoms with E-state index in [4.69, 9.17) is 0 Å². The van der Waals surface area contributed by atoms with Crippen LogP contribution in [-0.4, -0.2) is 37.0 Å². The van der Waals surface area contributed by atoms with Gasteiger partial charge in [-0.1, -0.05) is 30.7 Å². The molecule has 2 N–H and O–H groups in total. The Hall–Kier alpha value is -1.39. The molecule has 3 rings (SSSR count). The molecule has 0 unspecified atom stereocenters. The van der Waals surface area contributed by atoms with Crippen molar-refractivity contribution in [3.63, 3.8) is 0 Å². The maximum Gasteiger partial charge on any atom is 0.220 e. The van der Waals surface area contributed by atoms with Crippen molar-refractivity contribution < 1.29 is 4.79 Å². The van der Waals surface area contributed by atoms with Crippen LogP contribution in [0.4, 0.5) is 0 Å². The van der Waals surface area contributed by atoms with E-state index in [1.165, 1.54) is 43.5 Å². The van der Waals surface area contributed by atoms with Crippen LogP contribution < -0.4 is 10.6 Å². The Bertz CT molecular complexity index is 502. The van der Waals surface area contributed by atoms with E-state index in [1.54, 1.807) is 0 Å². The summed E-state index contributed by atoms with van der Waals surface area (Å²) in [6, 6.07) is 8.74. The molecule has 0 spiro atoms. The zero-order valence-electron chi connectivity index (χ0n) is 14.7. The second kappa shape index (κ2) is 9.19. The van der Waals surface area contributed by atoms with Gasteiger partial charge in [-0.25, -0.2) is 0 Å². The molecule has 0 aromatic heterocycles. The van der Waals surface area contributed by atoms with Crippen LogP contribution in [-0.2, 0) is 17.9 Å². The van der Waals surface area contributed by atoms with E-state index in [0.29, 0.717) is 18.9 Å². The molecule has 1 aromatic rings. The fourth-order valence-electron chi connectivity index (χ4n) is 3.76. The molecule has 1 amide bonds. The van der Waals surface area contributed by atoms with Gasteiger partial charge in [0.05, 0.1) is 0 Å². The summed E-state index contributed by atoms with van der Waals surface area (Å²) >= 11 is 0. The number of piperidine rings is 2. The number of carbonyl (C=O) groups excluding carboxylic acids is 1. The number of benzene rings is 1. The summed E-state index contributed by atoms with van der Waals surface area (Å²) in [5.41, 5.74) is 2.57.